The number of hydrogen-bond acceptors (Lipinski definition) is 4. The lowest BCUT2D eigenvalue weighted by atomic mass is 9.91. The van der Waals surface area contributed by atoms with Gasteiger partial charge in [-0.2, -0.15) is 0 Å². The van der Waals surface area contributed by atoms with Crippen LogP contribution in [0.25, 0.3) is 0 Å². The maximum absolute atomic E-state index is 12.5. The van der Waals surface area contributed by atoms with Crippen molar-refractivity contribution in [1.29, 1.82) is 0 Å². The molecule has 6 nitrogen and oxygen atoms in total. The Hall–Kier alpha value is -1.63. The molecule has 0 unspecified atom stereocenters. The van der Waals surface area contributed by atoms with Gasteiger partial charge in [-0.1, -0.05) is 19.1 Å². The molecule has 0 saturated carbocycles. The smallest absolute Gasteiger partial charge is 0.252 e. The van der Waals surface area contributed by atoms with Gasteiger partial charge in [0, 0.05) is 25.8 Å². The molecule has 0 aromatic heterocycles. The summed E-state index contributed by atoms with van der Waals surface area (Å²) in [5.74, 6) is -0.0432. The molecule has 2 amide bonds. The van der Waals surface area contributed by atoms with E-state index in [1.807, 2.05) is 31.2 Å². The van der Waals surface area contributed by atoms with E-state index in [2.05, 4.69) is 16.0 Å². The largest absolute Gasteiger partial charge is 0.368 e. The first-order valence-corrected chi connectivity index (χ1v) is 8.52. The van der Waals surface area contributed by atoms with Gasteiger partial charge in [-0.25, -0.2) is 0 Å². The summed E-state index contributed by atoms with van der Waals surface area (Å²) in [5, 5.41) is 9.05. The monoisotopic (exact) mass is 369 g/mol. The Labute approximate surface area is 155 Å². The number of amides is 2. The molecule has 1 fully saturated rings. The standard InChI is InChI=1S/C18H27N3O3.ClH/c1-3-4-16(22)21-15-7-5-14(6-8-15)13-20-17(23)18(24-2)9-11-19-12-10-18;/h5-8,19H,3-4,9-13H2,1-2H3,(H,20,23)(H,21,22);1H. The highest BCUT2D eigenvalue weighted by Crippen LogP contribution is 2.22. The normalized spacial score (nSPS) is 15.8. The lowest BCUT2D eigenvalue weighted by Gasteiger charge is -2.34. The summed E-state index contributed by atoms with van der Waals surface area (Å²) in [6.45, 7) is 3.99. The van der Waals surface area contributed by atoms with E-state index >= 15 is 0 Å². The van der Waals surface area contributed by atoms with Crippen LogP contribution >= 0.6 is 12.4 Å². The van der Waals surface area contributed by atoms with Crippen LogP contribution in [-0.4, -0.2) is 37.6 Å². The predicted octanol–water partition coefficient (Wildman–Crippen LogP) is 2.23. The molecule has 7 heteroatoms. The number of halogens is 1. The summed E-state index contributed by atoms with van der Waals surface area (Å²) < 4.78 is 5.52. The number of benzene rings is 1. The molecular formula is C18H28ClN3O3. The molecule has 1 aliphatic rings. The lowest BCUT2D eigenvalue weighted by molar-refractivity contribution is -0.146. The number of carbonyl (C=O) groups is 2. The summed E-state index contributed by atoms with van der Waals surface area (Å²) in [6, 6.07) is 7.52. The molecule has 1 aromatic rings. The second-order valence-corrected chi connectivity index (χ2v) is 6.13. The zero-order chi connectivity index (χ0) is 17.4. The third-order valence-corrected chi connectivity index (χ3v) is 4.38. The van der Waals surface area contributed by atoms with Crippen LogP contribution < -0.4 is 16.0 Å². The van der Waals surface area contributed by atoms with Gasteiger partial charge in [-0.15, -0.1) is 12.4 Å². The van der Waals surface area contributed by atoms with E-state index in [4.69, 9.17) is 4.74 Å². The number of methoxy groups -OCH3 is 1. The first kappa shape index (κ1) is 21.4. The van der Waals surface area contributed by atoms with Crippen molar-refractivity contribution in [2.75, 3.05) is 25.5 Å². The van der Waals surface area contributed by atoms with Gasteiger partial charge in [-0.3, -0.25) is 9.59 Å². The fraction of sp³-hybridized carbons (Fsp3) is 0.556. The highest BCUT2D eigenvalue weighted by Gasteiger charge is 2.39. The van der Waals surface area contributed by atoms with Crippen LogP contribution in [-0.2, 0) is 20.9 Å². The van der Waals surface area contributed by atoms with Crippen LogP contribution in [0.2, 0.25) is 0 Å². The molecule has 0 bridgehead atoms. The molecular weight excluding hydrogens is 342 g/mol. The topological polar surface area (TPSA) is 79.5 Å². The summed E-state index contributed by atoms with van der Waals surface area (Å²) >= 11 is 0. The highest BCUT2D eigenvalue weighted by atomic mass is 35.5. The Morgan fingerprint density at radius 3 is 2.40 bits per heavy atom. The molecule has 2 rings (SSSR count). The minimum atomic E-state index is -0.723. The number of ether oxygens (including phenoxy) is 1. The average Bonchev–Trinajstić information content (AvgIpc) is 2.61. The van der Waals surface area contributed by atoms with Crippen molar-refractivity contribution in [2.24, 2.45) is 0 Å². The number of piperidine rings is 1. The molecule has 0 atom stereocenters. The van der Waals surface area contributed by atoms with Crippen LogP contribution in [0.15, 0.2) is 24.3 Å². The van der Waals surface area contributed by atoms with E-state index in [1.165, 1.54) is 0 Å². The number of hydrogen-bond donors (Lipinski definition) is 3. The molecule has 1 saturated heterocycles. The van der Waals surface area contributed by atoms with E-state index in [-0.39, 0.29) is 24.2 Å². The van der Waals surface area contributed by atoms with Crippen molar-refractivity contribution in [2.45, 2.75) is 44.8 Å². The van der Waals surface area contributed by atoms with Gasteiger partial charge in [0.2, 0.25) is 5.91 Å². The fourth-order valence-corrected chi connectivity index (χ4v) is 2.85. The minimum Gasteiger partial charge on any atom is -0.368 e. The Balaban J connectivity index is 0.00000312. The Kier molecular flexibility index (Phi) is 8.89. The van der Waals surface area contributed by atoms with Crippen LogP contribution in [0, 0.1) is 0 Å². The van der Waals surface area contributed by atoms with Gasteiger partial charge in [0.15, 0.2) is 0 Å². The highest BCUT2D eigenvalue weighted by molar-refractivity contribution is 5.90. The van der Waals surface area contributed by atoms with Crippen molar-refractivity contribution in [3.8, 4) is 0 Å². The summed E-state index contributed by atoms with van der Waals surface area (Å²) in [5.41, 5.74) is 1.03. The minimum absolute atomic E-state index is 0. The molecule has 1 heterocycles. The Bertz CT molecular complexity index is 557. The van der Waals surface area contributed by atoms with Crippen LogP contribution in [0.4, 0.5) is 5.69 Å². The van der Waals surface area contributed by atoms with E-state index < -0.39 is 5.60 Å². The maximum Gasteiger partial charge on any atom is 0.252 e. The van der Waals surface area contributed by atoms with E-state index in [0.29, 0.717) is 25.8 Å². The summed E-state index contributed by atoms with van der Waals surface area (Å²) in [4.78, 5) is 24.1. The van der Waals surface area contributed by atoms with Gasteiger partial charge in [-0.05, 0) is 50.0 Å². The summed E-state index contributed by atoms with van der Waals surface area (Å²) in [7, 11) is 1.60. The van der Waals surface area contributed by atoms with Gasteiger partial charge in [0.25, 0.3) is 5.91 Å². The van der Waals surface area contributed by atoms with Gasteiger partial charge < -0.3 is 20.7 Å². The number of nitrogens with one attached hydrogen (secondary N) is 3. The molecule has 0 radical (unpaired) electrons. The van der Waals surface area contributed by atoms with Crippen LogP contribution in [0.1, 0.15) is 38.2 Å². The SMILES string of the molecule is CCCC(=O)Nc1ccc(CNC(=O)C2(OC)CCNCC2)cc1.Cl. The molecule has 25 heavy (non-hydrogen) atoms. The molecule has 0 spiro atoms. The predicted molar refractivity (Wildman–Crippen MR) is 101 cm³/mol. The Morgan fingerprint density at radius 1 is 1.20 bits per heavy atom. The fourth-order valence-electron chi connectivity index (χ4n) is 2.85. The zero-order valence-electron chi connectivity index (χ0n) is 14.9. The first-order valence-electron chi connectivity index (χ1n) is 8.52. The molecule has 1 aromatic carbocycles. The Morgan fingerprint density at radius 2 is 1.84 bits per heavy atom. The van der Waals surface area contributed by atoms with Crippen molar-refractivity contribution in [1.82, 2.24) is 10.6 Å². The van der Waals surface area contributed by atoms with Crippen molar-refractivity contribution in [3.63, 3.8) is 0 Å². The van der Waals surface area contributed by atoms with E-state index in [0.717, 1.165) is 30.8 Å². The van der Waals surface area contributed by atoms with Crippen LogP contribution in [0.3, 0.4) is 0 Å². The number of rotatable bonds is 7. The number of anilines is 1. The van der Waals surface area contributed by atoms with E-state index in [1.54, 1.807) is 7.11 Å². The summed E-state index contributed by atoms with van der Waals surface area (Å²) in [6.07, 6.45) is 2.70. The van der Waals surface area contributed by atoms with Gasteiger partial charge in [0.05, 0.1) is 0 Å². The molecule has 0 aliphatic carbocycles. The molecule has 140 valence electrons. The second kappa shape index (κ2) is 10.4. The van der Waals surface area contributed by atoms with Gasteiger partial charge in [0.1, 0.15) is 5.60 Å². The quantitative estimate of drug-likeness (QED) is 0.688. The third kappa shape index (κ3) is 5.99. The zero-order valence-corrected chi connectivity index (χ0v) is 15.7. The molecule has 3 N–H and O–H groups in total. The van der Waals surface area contributed by atoms with Crippen LogP contribution in [0.5, 0.6) is 0 Å². The van der Waals surface area contributed by atoms with Crippen molar-refractivity contribution in [3.05, 3.63) is 29.8 Å². The maximum atomic E-state index is 12.5. The lowest BCUT2D eigenvalue weighted by Crippen LogP contribution is -2.53. The third-order valence-electron chi connectivity index (χ3n) is 4.38. The average molecular weight is 370 g/mol. The second-order valence-electron chi connectivity index (χ2n) is 6.13. The number of carbonyl (C=O) groups excluding carboxylic acids is 2. The van der Waals surface area contributed by atoms with Crippen molar-refractivity contribution < 1.29 is 14.3 Å². The molecule has 1 aliphatic heterocycles. The van der Waals surface area contributed by atoms with E-state index in [9.17, 15) is 9.59 Å². The first-order chi connectivity index (χ1) is 11.6. The van der Waals surface area contributed by atoms with Gasteiger partial charge >= 0.3 is 0 Å². The van der Waals surface area contributed by atoms with Crippen molar-refractivity contribution >= 4 is 29.9 Å².